The monoisotopic (exact) mass is 531 g/mol. The summed E-state index contributed by atoms with van der Waals surface area (Å²) in [5.41, 5.74) is 3.93. The summed E-state index contributed by atoms with van der Waals surface area (Å²) in [6.07, 6.45) is 13.5. The van der Waals surface area contributed by atoms with Crippen LogP contribution >= 0.6 is 0 Å². The molecule has 4 rings (SSSR count). The van der Waals surface area contributed by atoms with E-state index in [2.05, 4.69) is 32.9 Å². The molecule has 3 heterocycles. The predicted octanol–water partition coefficient (Wildman–Crippen LogP) is 6.22. The summed E-state index contributed by atoms with van der Waals surface area (Å²) < 4.78 is 5.12. The van der Waals surface area contributed by atoms with Crippen LogP contribution in [0.2, 0.25) is 0 Å². The van der Waals surface area contributed by atoms with Crippen molar-refractivity contribution in [1.29, 1.82) is 0 Å². The minimum Gasteiger partial charge on any atom is -0.540 e. The van der Waals surface area contributed by atoms with Crippen molar-refractivity contribution in [3.05, 3.63) is 91.0 Å². The van der Waals surface area contributed by atoms with Crippen molar-refractivity contribution in [3.8, 4) is 28.5 Å². The molecule has 1 aromatic carbocycles. The molecule has 0 radical (unpaired) electrons. The molecule has 0 amide bonds. The van der Waals surface area contributed by atoms with Crippen LogP contribution in [0, 0.1) is 6.07 Å². The van der Waals surface area contributed by atoms with E-state index >= 15 is 0 Å². The largest absolute Gasteiger partial charge is 0.540 e. The van der Waals surface area contributed by atoms with E-state index in [-0.39, 0.29) is 20.4 Å². The van der Waals surface area contributed by atoms with E-state index in [0.29, 0.717) is 5.82 Å². The Labute approximate surface area is 210 Å². The SMILES string of the molecule is CCCCCCc1cnc(-c2[c-]cc(OC)cc2)nc1.[Pd].c1ccc(-c2ccccn2)nc1. The van der Waals surface area contributed by atoms with Crippen molar-refractivity contribution >= 4 is 0 Å². The van der Waals surface area contributed by atoms with Crippen LogP contribution in [0.5, 0.6) is 5.75 Å². The van der Waals surface area contributed by atoms with Gasteiger partial charge in [-0.3, -0.25) is 19.9 Å². The fourth-order valence-corrected chi connectivity index (χ4v) is 3.08. The van der Waals surface area contributed by atoms with Gasteiger partial charge in [-0.2, -0.15) is 0 Å². The van der Waals surface area contributed by atoms with Crippen molar-refractivity contribution in [1.82, 2.24) is 19.9 Å². The average molecular weight is 532 g/mol. The average Bonchev–Trinajstić information content (AvgIpc) is 2.88. The van der Waals surface area contributed by atoms with E-state index in [1.54, 1.807) is 25.6 Å². The molecule has 0 saturated carbocycles. The maximum atomic E-state index is 5.12. The van der Waals surface area contributed by atoms with Crippen molar-refractivity contribution in [2.24, 2.45) is 0 Å². The summed E-state index contributed by atoms with van der Waals surface area (Å²) in [5, 5.41) is 0. The number of aromatic nitrogens is 4. The van der Waals surface area contributed by atoms with Gasteiger partial charge in [0, 0.05) is 51.0 Å². The number of rotatable bonds is 8. The Bertz CT molecular complexity index is 990. The topological polar surface area (TPSA) is 60.8 Å². The molecule has 0 aliphatic carbocycles. The van der Waals surface area contributed by atoms with Gasteiger partial charge in [-0.15, -0.1) is 29.8 Å². The molecule has 33 heavy (non-hydrogen) atoms. The molecule has 0 spiro atoms. The van der Waals surface area contributed by atoms with Gasteiger partial charge in [-0.1, -0.05) is 38.3 Å². The third kappa shape index (κ3) is 8.84. The van der Waals surface area contributed by atoms with Crippen LogP contribution in [-0.4, -0.2) is 27.0 Å². The Kier molecular flexibility index (Phi) is 12.0. The molecule has 5 nitrogen and oxygen atoms in total. The summed E-state index contributed by atoms with van der Waals surface area (Å²) in [6.45, 7) is 2.23. The van der Waals surface area contributed by atoms with Crippen LogP contribution in [0.4, 0.5) is 0 Å². The molecule has 0 fully saturated rings. The molecule has 4 aromatic rings. The Morgan fingerprint density at radius 2 is 1.45 bits per heavy atom. The van der Waals surface area contributed by atoms with Crippen LogP contribution in [-0.2, 0) is 26.8 Å². The van der Waals surface area contributed by atoms with Crippen LogP contribution in [0.3, 0.4) is 0 Å². The van der Waals surface area contributed by atoms with E-state index in [1.165, 1.54) is 31.2 Å². The molecule has 3 aromatic heterocycles. The first-order valence-electron chi connectivity index (χ1n) is 11.0. The number of hydrogen-bond donors (Lipinski definition) is 0. The number of ether oxygens (including phenoxy) is 1. The smallest absolute Gasteiger partial charge is 0.0886 e. The molecular formula is C27H29N4OPd-. The molecular weight excluding hydrogens is 503 g/mol. The number of aryl methyl sites for hydroxylation is 1. The van der Waals surface area contributed by atoms with E-state index in [9.17, 15) is 0 Å². The summed E-state index contributed by atoms with van der Waals surface area (Å²) in [7, 11) is 1.65. The molecule has 0 saturated heterocycles. The fourth-order valence-electron chi connectivity index (χ4n) is 3.08. The maximum Gasteiger partial charge on any atom is 0.0886 e. The minimum absolute atomic E-state index is 0. The zero-order valence-electron chi connectivity index (χ0n) is 19.1. The van der Waals surface area contributed by atoms with Crippen LogP contribution in [0.1, 0.15) is 38.2 Å². The number of unbranched alkanes of at least 4 members (excludes halogenated alkanes) is 3. The first-order valence-corrected chi connectivity index (χ1v) is 11.0. The van der Waals surface area contributed by atoms with Crippen LogP contribution in [0.25, 0.3) is 22.8 Å². The summed E-state index contributed by atoms with van der Waals surface area (Å²) in [5.74, 6) is 1.51. The molecule has 0 N–H and O–H groups in total. The number of nitrogens with zero attached hydrogens (tertiary/aromatic N) is 4. The van der Waals surface area contributed by atoms with E-state index < -0.39 is 0 Å². The van der Waals surface area contributed by atoms with Gasteiger partial charge in [0.05, 0.1) is 24.3 Å². The van der Waals surface area contributed by atoms with Gasteiger partial charge in [-0.25, -0.2) is 0 Å². The minimum atomic E-state index is 0. The Morgan fingerprint density at radius 1 is 0.788 bits per heavy atom. The zero-order chi connectivity index (χ0) is 22.4. The van der Waals surface area contributed by atoms with Crippen molar-refractivity contribution < 1.29 is 25.2 Å². The normalized spacial score (nSPS) is 9.88. The van der Waals surface area contributed by atoms with E-state index in [0.717, 1.165) is 29.1 Å². The third-order valence-electron chi connectivity index (χ3n) is 4.88. The number of benzene rings is 1. The van der Waals surface area contributed by atoms with Crippen molar-refractivity contribution in [2.45, 2.75) is 39.0 Å². The molecule has 0 bridgehead atoms. The Hall–Kier alpha value is -2.94. The van der Waals surface area contributed by atoms with Gasteiger partial charge in [-0.05, 0) is 42.7 Å². The molecule has 0 unspecified atom stereocenters. The van der Waals surface area contributed by atoms with Crippen LogP contribution in [0.15, 0.2) is 79.4 Å². The van der Waals surface area contributed by atoms with Crippen molar-refractivity contribution in [2.75, 3.05) is 7.11 Å². The van der Waals surface area contributed by atoms with Gasteiger partial charge in [0.2, 0.25) is 0 Å². The van der Waals surface area contributed by atoms with Gasteiger partial charge < -0.3 is 4.74 Å². The van der Waals surface area contributed by atoms with E-state index in [1.807, 2.05) is 60.9 Å². The summed E-state index contributed by atoms with van der Waals surface area (Å²) in [4.78, 5) is 17.2. The Morgan fingerprint density at radius 3 is 1.94 bits per heavy atom. The van der Waals surface area contributed by atoms with Gasteiger partial charge in [0.1, 0.15) is 0 Å². The summed E-state index contributed by atoms with van der Waals surface area (Å²) >= 11 is 0. The van der Waals surface area contributed by atoms with Gasteiger partial charge >= 0.3 is 0 Å². The maximum absolute atomic E-state index is 5.12. The molecule has 0 atom stereocenters. The number of pyridine rings is 2. The fraction of sp³-hybridized carbons (Fsp3) is 0.259. The van der Waals surface area contributed by atoms with Crippen molar-refractivity contribution in [3.63, 3.8) is 0 Å². The predicted molar refractivity (Wildman–Crippen MR) is 128 cm³/mol. The second kappa shape index (κ2) is 15.0. The molecule has 6 heteroatoms. The standard InChI is InChI=1S/C17H21N2O.C10H8N2.Pd/c1-3-4-5-6-7-14-12-18-17(19-13-14)15-8-10-16(20-2)11-9-15;1-3-7-11-9(5-1)10-6-2-4-8-12-10;/h8,10-13H,3-7H2,1-2H3;1-8H;/q-1;;. The van der Waals surface area contributed by atoms with E-state index in [4.69, 9.17) is 4.74 Å². The quantitative estimate of drug-likeness (QED) is 0.153. The zero-order valence-corrected chi connectivity index (χ0v) is 20.6. The molecule has 174 valence electrons. The molecule has 0 aliphatic rings. The second-order valence-electron chi connectivity index (χ2n) is 7.30. The first-order chi connectivity index (χ1) is 15.8. The second-order valence-corrected chi connectivity index (χ2v) is 7.30. The first kappa shape index (κ1) is 26.3. The van der Waals surface area contributed by atoms with Crippen LogP contribution < -0.4 is 4.74 Å². The van der Waals surface area contributed by atoms with Gasteiger partial charge in [0.15, 0.2) is 0 Å². The number of methoxy groups -OCH3 is 1. The molecule has 0 aliphatic heterocycles. The third-order valence-corrected chi connectivity index (χ3v) is 4.88. The summed E-state index contributed by atoms with van der Waals surface area (Å²) in [6, 6.07) is 20.4. The van der Waals surface area contributed by atoms with Gasteiger partial charge in [0.25, 0.3) is 0 Å². The number of hydrogen-bond acceptors (Lipinski definition) is 5. The Balaban J connectivity index is 0.000000253.